The van der Waals surface area contributed by atoms with Crippen LogP contribution in [0.2, 0.25) is 0 Å². The van der Waals surface area contributed by atoms with Gasteiger partial charge >= 0.3 is 6.18 Å². The molecule has 2 unspecified atom stereocenters. The highest BCUT2D eigenvalue weighted by Gasteiger charge is 2.29. The van der Waals surface area contributed by atoms with Crippen LogP contribution in [0.1, 0.15) is 37.5 Å². The maximum absolute atomic E-state index is 11.9. The Hall–Kier alpha value is -1.15. The summed E-state index contributed by atoms with van der Waals surface area (Å²) in [5.41, 5.74) is 0. The van der Waals surface area contributed by atoms with Gasteiger partial charge in [-0.05, 0) is 25.3 Å². The summed E-state index contributed by atoms with van der Waals surface area (Å²) in [6.45, 7) is 1.33. The van der Waals surface area contributed by atoms with Gasteiger partial charge < -0.3 is 14.6 Å². The molecule has 1 aliphatic rings. The zero-order chi connectivity index (χ0) is 13.9. The Morgan fingerprint density at radius 1 is 1.47 bits per heavy atom. The Balaban J connectivity index is 1.88. The number of alkyl halides is 3. The van der Waals surface area contributed by atoms with Gasteiger partial charge in [0.05, 0.1) is 6.04 Å². The molecule has 1 aromatic rings. The van der Waals surface area contributed by atoms with Crippen LogP contribution in [0.25, 0.3) is 0 Å². The van der Waals surface area contributed by atoms with Crippen molar-refractivity contribution in [3.05, 3.63) is 11.7 Å². The Labute approximate surface area is 108 Å². The molecule has 1 N–H and O–H groups in total. The summed E-state index contributed by atoms with van der Waals surface area (Å²) in [5.74, 6) is 0.912. The van der Waals surface area contributed by atoms with Crippen molar-refractivity contribution in [3.63, 3.8) is 0 Å². The third kappa shape index (κ3) is 4.17. The van der Waals surface area contributed by atoms with Crippen LogP contribution in [0.15, 0.2) is 4.52 Å². The highest BCUT2D eigenvalue weighted by atomic mass is 19.4. The first-order chi connectivity index (χ1) is 8.96. The van der Waals surface area contributed by atoms with Crippen LogP contribution in [-0.4, -0.2) is 29.5 Å². The van der Waals surface area contributed by atoms with E-state index in [1.807, 2.05) is 0 Å². The molecule has 0 amide bonds. The summed E-state index contributed by atoms with van der Waals surface area (Å²) in [4.78, 5) is 4.07. The van der Waals surface area contributed by atoms with Crippen molar-refractivity contribution < 1.29 is 22.4 Å². The van der Waals surface area contributed by atoms with Crippen LogP contribution in [0.5, 0.6) is 0 Å². The van der Waals surface area contributed by atoms with Crippen LogP contribution in [0, 0.1) is 5.92 Å². The van der Waals surface area contributed by atoms with E-state index in [4.69, 9.17) is 4.52 Å². The summed E-state index contributed by atoms with van der Waals surface area (Å²) in [5, 5.41) is 6.89. The van der Waals surface area contributed by atoms with E-state index >= 15 is 0 Å². The molecule has 8 heteroatoms. The first-order valence-corrected chi connectivity index (χ1v) is 6.16. The maximum Gasteiger partial charge on any atom is 0.411 e. The molecule has 0 saturated carbocycles. The summed E-state index contributed by atoms with van der Waals surface area (Å²) >= 11 is 0. The number of ether oxygens (including phenoxy) is 1. The monoisotopic (exact) mass is 279 g/mol. The van der Waals surface area contributed by atoms with Crippen molar-refractivity contribution in [2.75, 3.05) is 13.2 Å². The van der Waals surface area contributed by atoms with E-state index < -0.39 is 12.8 Å². The molecule has 0 bridgehead atoms. The Morgan fingerprint density at radius 3 is 2.95 bits per heavy atom. The topological polar surface area (TPSA) is 60.2 Å². The number of piperidine rings is 1. The van der Waals surface area contributed by atoms with Crippen molar-refractivity contribution in [2.24, 2.45) is 5.92 Å². The second-order valence-corrected chi connectivity index (χ2v) is 4.71. The van der Waals surface area contributed by atoms with Gasteiger partial charge in [0.15, 0.2) is 5.82 Å². The molecule has 0 aliphatic carbocycles. The zero-order valence-corrected chi connectivity index (χ0v) is 10.5. The minimum atomic E-state index is -4.34. The van der Waals surface area contributed by atoms with Crippen molar-refractivity contribution >= 4 is 0 Å². The predicted molar refractivity (Wildman–Crippen MR) is 59.2 cm³/mol. The zero-order valence-electron chi connectivity index (χ0n) is 10.5. The molecule has 2 atom stereocenters. The van der Waals surface area contributed by atoms with Crippen molar-refractivity contribution in [3.8, 4) is 0 Å². The molecule has 1 aliphatic heterocycles. The number of hydrogen-bond donors (Lipinski definition) is 1. The number of aromatic nitrogens is 2. The largest absolute Gasteiger partial charge is 0.411 e. The molecule has 1 aromatic heterocycles. The molecular weight excluding hydrogens is 263 g/mol. The fraction of sp³-hybridized carbons (Fsp3) is 0.818. The Kier molecular flexibility index (Phi) is 4.41. The summed E-state index contributed by atoms with van der Waals surface area (Å²) in [6, 6.07) is -0.0300. The van der Waals surface area contributed by atoms with Gasteiger partial charge in [-0.2, -0.15) is 18.2 Å². The molecule has 19 heavy (non-hydrogen) atoms. The van der Waals surface area contributed by atoms with Crippen molar-refractivity contribution in [2.45, 2.75) is 38.6 Å². The lowest BCUT2D eigenvalue weighted by Crippen LogP contribution is -2.33. The van der Waals surface area contributed by atoms with E-state index in [1.165, 1.54) is 0 Å². The Bertz CT molecular complexity index is 408. The van der Waals surface area contributed by atoms with Gasteiger partial charge in [-0.15, -0.1) is 0 Å². The lowest BCUT2D eigenvalue weighted by atomic mass is 9.93. The fourth-order valence-corrected chi connectivity index (χ4v) is 2.09. The summed E-state index contributed by atoms with van der Waals surface area (Å²) < 4.78 is 45.3. The lowest BCUT2D eigenvalue weighted by molar-refractivity contribution is -0.177. The number of halogens is 3. The van der Waals surface area contributed by atoms with E-state index in [1.54, 1.807) is 0 Å². The maximum atomic E-state index is 11.9. The molecule has 0 aromatic carbocycles. The normalized spacial score (nSPS) is 24.6. The molecule has 1 fully saturated rings. The van der Waals surface area contributed by atoms with Crippen LogP contribution < -0.4 is 5.32 Å². The number of rotatable bonds is 4. The third-order valence-electron chi connectivity index (χ3n) is 3.02. The standard InChI is InChI=1S/C11H16F3N3O2/c1-7-3-2-4-15-9(7)10-16-8(17-19-10)5-18-6-11(12,13)14/h7,9,15H,2-6H2,1H3. The van der Waals surface area contributed by atoms with E-state index in [0.717, 1.165) is 19.4 Å². The molecule has 2 rings (SSSR count). The van der Waals surface area contributed by atoms with E-state index in [9.17, 15) is 13.2 Å². The van der Waals surface area contributed by atoms with Crippen molar-refractivity contribution in [1.29, 1.82) is 0 Å². The average molecular weight is 279 g/mol. The SMILES string of the molecule is CC1CCCNC1c1nc(COCC(F)(F)F)no1. The van der Waals surface area contributed by atoms with Gasteiger partial charge in [-0.3, -0.25) is 0 Å². The van der Waals surface area contributed by atoms with Crippen molar-refractivity contribution in [1.82, 2.24) is 15.5 Å². The first-order valence-electron chi connectivity index (χ1n) is 6.16. The molecule has 1 saturated heterocycles. The third-order valence-corrected chi connectivity index (χ3v) is 3.02. The van der Waals surface area contributed by atoms with Gasteiger partial charge in [-0.25, -0.2) is 0 Å². The first kappa shape index (κ1) is 14.3. The van der Waals surface area contributed by atoms with Crippen LogP contribution in [0.4, 0.5) is 13.2 Å². The second kappa shape index (κ2) is 5.87. The summed E-state index contributed by atoms with van der Waals surface area (Å²) in [6.07, 6.45) is -2.20. The lowest BCUT2D eigenvalue weighted by Gasteiger charge is -2.26. The second-order valence-electron chi connectivity index (χ2n) is 4.71. The summed E-state index contributed by atoms with van der Waals surface area (Å²) in [7, 11) is 0. The van der Waals surface area contributed by atoms with Crippen LogP contribution in [0.3, 0.4) is 0 Å². The molecular formula is C11H16F3N3O2. The van der Waals surface area contributed by atoms with E-state index in [-0.39, 0.29) is 18.5 Å². The highest BCUT2D eigenvalue weighted by Crippen LogP contribution is 2.27. The molecule has 5 nitrogen and oxygen atoms in total. The predicted octanol–water partition coefficient (Wildman–Crippen LogP) is 2.21. The highest BCUT2D eigenvalue weighted by molar-refractivity contribution is 4.96. The minimum Gasteiger partial charge on any atom is -0.364 e. The van der Waals surface area contributed by atoms with Crippen LogP contribution in [-0.2, 0) is 11.3 Å². The molecule has 0 spiro atoms. The van der Waals surface area contributed by atoms with Gasteiger partial charge in [0, 0.05) is 0 Å². The number of nitrogens with one attached hydrogen (secondary N) is 1. The molecule has 2 heterocycles. The molecule has 108 valence electrons. The average Bonchev–Trinajstić information content (AvgIpc) is 2.76. The molecule has 0 radical (unpaired) electrons. The van der Waals surface area contributed by atoms with Crippen LogP contribution >= 0.6 is 0 Å². The van der Waals surface area contributed by atoms with E-state index in [0.29, 0.717) is 11.8 Å². The van der Waals surface area contributed by atoms with Gasteiger partial charge in [0.2, 0.25) is 5.89 Å². The smallest absolute Gasteiger partial charge is 0.364 e. The Morgan fingerprint density at radius 2 is 2.26 bits per heavy atom. The fourth-order valence-electron chi connectivity index (χ4n) is 2.09. The van der Waals surface area contributed by atoms with E-state index in [2.05, 4.69) is 27.1 Å². The van der Waals surface area contributed by atoms with Gasteiger partial charge in [-0.1, -0.05) is 12.1 Å². The number of nitrogens with zero attached hydrogens (tertiary/aromatic N) is 2. The van der Waals surface area contributed by atoms with Gasteiger partial charge in [0.25, 0.3) is 0 Å². The van der Waals surface area contributed by atoms with Gasteiger partial charge in [0.1, 0.15) is 13.2 Å². The number of hydrogen-bond acceptors (Lipinski definition) is 5. The quantitative estimate of drug-likeness (QED) is 0.915. The minimum absolute atomic E-state index is 0.0300.